The monoisotopic (exact) mass is 605 g/mol. The molecule has 0 N–H and O–H groups in total. The van der Waals surface area contributed by atoms with Crippen LogP contribution in [0.5, 0.6) is 11.5 Å². The van der Waals surface area contributed by atoms with Crippen LogP contribution >= 0.6 is 11.3 Å². The van der Waals surface area contributed by atoms with Crippen LogP contribution in [0.15, 0.2) is 88.2 Å². The third-order valence-corrected chi connectivity index (χ3v) is 8.85. The molecule has 1 amide bonds. The van der Waals surface area contributed by atoms with Gasteiger partial charge in [-0.3, -0.25) is 14.5 Å². The first-order chi connectivity index (χ1) is 21.4. The van der Waals surface area contributed by atoms with Crippen LogP contribution in [0.4, 0.5) is 5.13 Å². The smallest absolute Gasteiger partial charge is 0.297 e. The highest BCUT2D eigenvalue weighted by molar-refractivity contribution is 7.15. The average Bonchev–Trinajstić information content (AvgIpc) is 3.78. The van der Waals surface area contributed by atoms with E-state index in [4.69, 9.17) is 19.0 Å². The largest absolute Gasteiger partial charge is 0.493 e. The van der Waals surface area contributed by atoms with Gasteiger partial charge in [0.15, 0.2) is 16.9 Å². The van der Waals surface area contributed by atoms with Gasteiger partial charge < -0.3 is 13.9 Å². The second-order valence-electron chi connectivity index (χ2n) is 10.6. The number of fused-ring (bicyclic) bond motifs is 2. The summed E-state index contributed by atoms with van der Waals surface area (Å²) in [5.74, 6) is 0.688. The van der Waals surface area contributed by atoms with Crippen molar-refractivity contribution in [3.8, 4) is 28.4 Å². The first-order valence-corrected chi connectivity index (χ1v) is 14.8. The molecule has 1 aliphatic heterocycles. The average molecular weight is 606 g/mol. The zero-order chi connectivity index (χ0) is 30.5. The lowest BCUT2D eigenvalue weighted by atomic mass is 9.96. The van der Waals surface area contributed by atoms with Crippen LogP contribution in [-0.2, 0) is 0 Å². The molecule has 7 rings (SSSR count). The van der Waals surface area contributed by atoms with E-state index in [9.17, 15) is 9.59 Å². The Morgan fingerprint density at radius 3 is 2.39 bits per heavy atom. The number of benzene rings is 3. The number of hydrogen-bond acceptors (Lipinski definition) is 9. The molecule has 4 heterocycles. The lowest BCUT2D eigenvalue weighted by Crippen LogP contribution is -2.29. The molecule has 3 aromatic carbocycles. The minimum atomic E-state index is -0.896. The van der Waals surface area contributed by atoms with Crippen molar-refractivity contribution in [2.45, 2.75) is 25.8 Å². The maximum absolute atomic E-state index is 14.2. The Morgan fingerprint density at radius 2 is 1.66 bits per heavy atom. The minimum Gasteiger partial charge on any atom is -0.493 e. The van der Waals surface area contributed by atoms with E-state index < -0.39 is 11.9 Å². The van der Waals surface area contributed by atoms with E-state index in [1.165, 1.54) is 16.2 Å². The zero-order valence-electron chi connectivity index (χ0n) is 24.3. The quantitative estimate of drug-likeness (QED) is 0.206. The molecule has 220 valence electrons. The number of anilines is 1. The number of rotatable bonds is 7. The van der Waals surface area contributed by atoms with Crippen molar-refractivity contribution in [1.82, 2.24) is 20.0 Å². The number of para-hydroxylation sites is 2. The van der Waals surface area contributed by atoms with Crippen molar-refractivity contribution in [3.63, 3.8) is 0 Å². The van der Waals surface area contributed by atoms with Crippen LogP contribution < -0.4 is 19.8 Å². The molecule has 0 saturated heterocycles. The molecule has 10 nitrogen and oxygen atoms in total. The summed E-state index contributed by atoms with van der Waals surface area (Å²) in [6.45, 7) is 4.03. The molecule has 44 heavy (non-hydrogen) atoms. The van der Waals surface area contributed by atoms with E-state index in [2.05, 4.69) is 10.2 Å². The molecular weight excluding hydrogens is 578 g/mol. The molecule has 1 unspecified atom stereocenters. The van der Waals surface area contributed by atoms with Crippen LogP contribution in [0.1, 0.15) is 52.5 Å². The lowest BCUT2D eigenvalue weighted by Gasteiger charge is -2.22. The van der Waals surface area contributed by atoms with Gasteiger partial charge in [0.1, 0.15) is 16.6 Å². The Balaban J connectivity index is 1.53. The van der Waals surface area contributed by atoms with Crippen molar-refractivity contribution in [2.75, 3.05) is 19.1 Å². The van der Waals surface area contributed by atoms with Crippen molar-refractivity contribution < 1.29 is 18.7 Å². The summed E-state index contributed by atoms with van der Waals surface area (Å²) >= 11 is 1.31. The van der Waals surface area contributed by atoms with Gasteiger partial charge >= 0.3 is 0 Å². The fraction of sp³-hybridized carbons (Fsp3) is 0.182. The highest BCUT2D eigenvalue weighted by Gasteiger charge is 2.47. The highest BCUT2D eigenvalue weighted by Crippen LogP contribution is 2.46. The number of aromatic nitrogens is 4. The number of carbonyl (C=O) groups is 1. The highest BCUT2D eigenvalue weighted by atomic mass is 32.1. The standard InChI is InChI=1S/C33H27N5O5S/c1-18(2)31-34-35-33(44-31)38-28(26-29(39)21-12-8-9-13-23(21)43-30(26)32(38)40)22-17-37(20-10-6-5-7-11-20)36-27(22)19-14-15-24(41-3)25(16-19)42-4/h5-18,28H,1-4H3. The number of ether oxygens (including phenoxy) is 2. The summed E-state index contributed by atoms with van der Waals surface area (Å²) in [5.41, 5.74) is 2.94. The summed E-state index contributed by atoms with van der Waals surface area (Å²) in [6.07, 6.45) is 1.85. The molecule has 0 spiro atoms. The molecule has 0 radical (unpaired) electrons. The molecule has 1 aliphatic rings. The number of carbonyl (C=O) groups excluding carboxylic acids is 1. The van der Waals surface area contributed by atoms with Crippen LogP contribution in [0.25, 0.3) is 27.9 Å². The maximum atomic E-state index is 14.2. The van der Waals surface area contributed by atoms with Crippen molar-refractivity contribution in [2.24, 2.45) is 0 Å². The zero-order valence-corrected chi connectivity index (χ0v) is 25.2. The van der Waals surface area contributed by atoms with E-state index in [1.54, 1.807) is 49.2 Å². The molecule has 0 aliphatic carbocycles. The second-order valence-corrected chi connectivity index (χ2v) is 11.6. The maximum Gasteiger partial charge on any atom is 0.297 e. The molecule has 3 aromatic heterocycles. The number of methoxy groups -OCH3 is 2. The van der Waals surface area contributed by atoms with E-state index in [0.717, 1.165) is 10.7 Å². The van der Waals surface area contributed by atoms with Gasteiger partial charge in [-0.1, -0.05) is 55.5 Å². The molecular formula is C33H27N5O5S. The number of hydrogen-bond donors (Lipinski definition) is 0. The Morgan fingerprint density at radius 1 is 0.909 bits per heavy atom. The Kier molecular flexibility index (Phi) is 6.74. The second kappa shape index (κ2) is 10.8. The van der Waals surface area contributed by atoms with Gasteiger partial charge in [0.05, 0.1) is 36.6 Å². The van der Waals surface area contributed by atoms with E-state index in [-0.39, 0.29) is 22.7 Å². The summed E-state index contributed by atoms with van der Waals surface area (Å²) in [4.78, 5) is 30.0. The summed E-state index contributed by atoms with van der Waals surface area (Å²) < 4.78 is 19.0. The summed E-state index contributed by atoms with van der Waals surface area (Å²) in [7, 11) is 3.14. The van der Waals surface area contributed by atoms with Gasteiger partial charge in [0.2, 0.25) is 10.9 Å². The van der Waals surface area contributed by atoms with Crippen LogP contribution in [-0.4, -0.2) is 40.1 Å². The molecule has 0 saturated carbocycles. The predicted molar refractivity (Wildman–Crippen MR) is 167 cm³/mol. The van der Waals surface area contributed by atoms with Crippen molar-refractivity contribution >= 4 is 33.3 Å². The fourth-order valence-electron chi connectivity index (χ4n) is 5.48. The van der Waals surface area contributed by atoms with Crippen LogP contribution in [0.2, 0.25) is 0 Å². The van der Waals surface area contributed by atoms with Gasteiger partial charge in [-0.05, 0) is 42.5 Å². The normalized spacial score (nSPS) is 14.4. The first-order valence-electron chi connectivity index (χ1n) is 14.0. The first kappa shape index (κ1) is 27.5. The topological polar surface area (TPSA) is 113 Å². The van der Waals surface area contributed by atoms with Gasteiger partial charge in [0.25, 0.3) is 5.91 Å². The van der Waals surface area contributed by atoms with Gasteiger partial charge in [0, 0.05) is 23.2 Å². The van der Waals surface area contributed by atoms with Crippen molar-refractivity contribution in [3.05, 3.63) is 111 Å². The van der Waals surface area contributed by atoms with Crippen LogP contribution in [0, 0.1) is 0 Å². The summed E-state index contributed by atoms with van der Waals surface area (Å²) in [5, 5.41) is 15.3. The van der Waals surface area contributed by atoms with Gasteiger partial charge in [-0.15, -0.1) is 10.2 Å². The summed E-state index contributed by atoms with van der Waals surface area (Å²) in [6, 6.07) is 21.2. The Bertz CT molecular complexity index is 2100. The molecule has 6 aromatic rings. The molecule has 0 fully saturated rings. The third kappa shape index (κ3) is 4.35. The van der Waals surface area contributed by atoms with E-state index >= 15 is 0 Å². The van der Waals surface area contributed by atoms with E-state index in [1.807, 2.05) is 62.5 Å². The van der Waals surface area contributed by atoms with Gasteiger partial charge in [-0.2, -0.15) is 5.10 Å². The number of nitrogens with zero attached hydrogens (tertiary/aromatic N) is 5. The minimum absolute atomic E-state index is 0.0225. The molecule has 0 bridgehead atoms. The van der Waals surface area contributed by atoms with Crippen LogP contribution in [0.3, 0.4) is 0 Å². The van der Waals surface area contributed by atoms with Crippen molar-refractivity contribution in [1.29, 1.82) is 0 Å². The third-order valence-electron chi connectivity index (χ3n) is 7.62. The Hall–Kier alpha value is -5.29. The fourth-order valence-corrected chi connectivity index (χ4v) is 6.35. The van der Waals surface area contributed by atoms with E-state index in [0.29, 0.717) is 44.4 Å². The molecule has 11 heteroatoms. The molecule has 1 atom stereocenters. The lowest BCUT2D eigenvalue weighted by molar-refractivity contribution is 0.0970. The number of amides is 1. The predicted octanol–water partition coefficient (Wildman–Crippen LogP) is 6.39. The van der Waals surface area contributed by atoms with Gasteiger partial charge in [-0.25, -0.2) is 4.68 Å². The SMILES string of the molecule is COc1ccc(-c2nn(-c3ccccc3)cc2C2c3c(oc4ccccc4c3=O)C(=O)N2c2nnc(C(C)C)s2)cc1OC. The Labute approximate surface area is 256 Å².